The Kier molecular flexibility index (Phi) is 5.71. The maximum absolute atomic E-state index is 12.5. The van der Waals surface area contributed by atoms with Gasteiger partial charge in [0.2, 0.25) is 0 Å². The zero-order valence-corrected chi connectivity index (χ0v) is 13.8. The molecule has 3 aliphatic rings. The SMILES string of the molecule is C[C@H](OC[C@@H]1CCCO1)C(=O)N1CCC(N2CCCC2)CC1. The maximum atomic E-state index is 12.5. The Labute approximate surface area is 133 Å². The summed E-state index contributed by atoms with van der Waals surface area (Å²) in [4.78, 5) is 17.1. The van der Waals surface area contributed by atoms with Crippen LogP contribution in [0.25, 0.3) is 0 Å². The highest BCUT2D eigenvalue weighted by Crippen LogP contribution is 2.22. The van der Waals surface area contributed by atoms with Gasteiger partial charge in [-0.2, -0.15) is 0 Å². The fourth-order valence-electron chi connectivity index (χ4n) is 3.91. The lowest BCUT2D eigenvalue weighted by Gasteiger charge is -2.37. The second-order valence-electron chi connectivity index (χ2n) is 6.91. The van der Waals surface area contributed by atoms with E-state index >= 15 is 0 Å². The van der Waals surface area contributed by atoms with Gasteiger partial charge in [0.1, 0.15) is 6.10 Å². The van der Waals surface area contributed by atoms with Crippen LogP contribution in [0, 0.1) is 0 Å². The van der Waals surface area contributed by atoms with Crippen LogP contribution < -0.4 is 0 Å². The van der Waals surface area contributed by atoms with Crippen molar-refractivity contribution in [3.05, 3.63) is 0 Å². The number of nitrogens with zero attached hydrogens (tertiary/aromatic N) is 2. The molecule has 2 atom stereocenters. The number of hydrogen-bond acceptors (Lipinski definition) is 4. The van der Waals surface area contributed by atoms with Gasteiger partial charge in [-0.1, -0.05) is 0 Å². The minimum Gasteiger partial charge on any atom is -0.376 e. The van der Waals surface area contributed by atoms with E-state index < -0.39 is 0 Å². The average Bonchev–Trinajstić information content (AvgIpc) is 3.25. The summed E-state index contributed by atoms with van der Waals surface area (Å²) in [7, 11) is 0. The largest absolute Gasteiger partial charge is 0.376 e. The fraction of sp³-hybridized carbons (Fsp3) is 0.941. The number of amides is 1. The van der Waals surface area contributed by atoms with Gasteiger partial charge in [0.25, 0.3) is 5.91 Å². The maximum Gasteiger partial charge on any atom is 0.251 e. The molecule has 5 heteroatoms. The lowest BCUT2D eigenvalue weighted by molar-refractivity contribution is -0.146. The summed E-state index contributed by atoms with van der Waals surface area (Å²) in [6, 6.07) is 0.690. The number of carbonyl (C=O) groups excluding carboxylic acids is 1. The van der Waals surface area contributed by atoms with E-state index in [1.54, 1.807) is 0 Å². The summed E-state index contributed by atoms with van der Waals surface area (Å²) in [5.74, 6) is 0.151. The molecule has 3 aliphatic heterocycles. The molecule has 0 bridgehead atoms. The van der Waals surface area contributed by atoms with Crippen molar-refractivity contribution in [2.45, 2.75) is 63.7 Å². The van der Waals surface area contributed by atoms with Gasteiger partial charge < -0.3 is 19.3 Å². The average molecular weight is 310 g/mol. The number of hydrogen-bond donors (Lipinski definition) is 0. The molecule has 3 fully saturated rings. The highest BCUT2D eigenvalue weighted by molar-refractivity contribution is 5.80. The molecule has 3 rings (SSSR count). The molecule has 0 aromatic rings. The number of ether oxygens (including phenoxy) is 2. The highest BCUT2D eigenvalue weighted by atomic mass is 16.5. The van der Waals surface area contributed by atoms with E-state index in [0.29, 0.717) is 12.6 Å². The van der Waals surface area contributed by atoms with Crippen molar-refractivity contribution >= 4 is 5.91 Å². The molecule has 0 saturated carbocycles. The van der Waals surface area contributed by atoms with Crippen LogP contribution in [0.4, 0.5) is 0 Å². The van der Waals surface area contributed by atoms with Crippen LogP contribution in [0.5, 0.6) is 0 Å². The lowest BCUT2D eigenvalue weighted by atomic mass is 10.0. The van der Waals surface area contributed by atoms with Crippen molar-refractivity contribution in [1.82, 2.24) is 9.80 Å². The predicted octanol–water partition coefficient (Wildman–Crippen LogP) is 1.66. The van der Waals surface area contributed by atoms with Crippen LogP contribution in [0.3, 0.4) is 0 Å². The topological polar surface area (TPSA) is 42.0 Å². The molecule has 0 spiro atoms. The fourth-order valence-corrected chi connectivity index (χ4v) is 3.91. The van der Waals surface area contributed by atoms with E-state index in [1.807, 2.05) is 11.8 Å². The van der Waals surface area contributed by atoms with Crippen LogP contribution in [0.2, 0.25) is 0 Å². The number of likely N-dealkylation sites (tertiary alicyclic amines) is 2. The Morgan fingerprint density at radius 2 is 1.86 bits per heavy atom. The summed E-state index contributed by atoms with van der Waals surface area (Å²) in [6.45, 7) is 7.53. The monoisotopic (exact) mass is 310 g/mol. The van der Waals surface area contributed by atoms with Crippen LogP contribution in [0.1, 0.15) is 45.4 Å². The first-order valence-electron chi connectivity index (χ1n) is 9.00. The van der Waals surface area contributed by atoms with Gasteiger partial charge in [-0.3, -0.25) is 4.79 Å². The molecule has 0 radical (unpaired) electrons. The summed E-state index contributed by atoms with van der Waals surface area (Å²) in [5.41, 5.74) is 0. The Bertz CT molecular complexity index is 357. The molecule has 22 heavy (non-hydrogen) atoms. The second kappa shape index (κ2) is 7.75. The normalized spacial score (nSPS) is 29.1. The van der Waals surface area contributed by atoms with E-state index in [1.165, 1.54) is 25.9 Å². The van der Waals surface area contributed by atoms with Crippen molar-refractivity contribution in [2.24, 2.45) is 0 Å². The van der Waals surface area contributed by atoms with E-state index in [0.717, 1.165) is 45.4 Å². The van der Waals surface area contributed by atoms with Crippen LogP contribution in [-0.2, 0) is 14.3 Å². The van der Waals surface area contributed by atoms with Crippen LogP contribution in [0.15, 0.2) is 0 Å². The van der Waals surface area contributed by atoms with Gasteiger partial charge in [-0.15, -0.1) is 0 Å². The summed E-state index contributed by atoms with van der Waals surface area (Å²) in [5, 5.41) is 0. The van der Waals surface area contributed by atoms with Gasteiger partial charge in [0, 0.05) is 25.7 Å². The molecule has 0 unspecified atom stereocenters. The van der Waals surface area contributed by atoms with Crippen molar-refractivity contribution in [3.63, 3.8) is 0 Å². The molecule has 1 amide bonds. The van der Waals surface area contributed by atoms with E-state index in [9.17, 15) is 4.79 Å². The summed E-state index contributed by atoms with van der Waals surface area (Å²) >= 11 is 0. The molecule has 3 heterocycles. The van der Waals surface area contributed by atoms with Crippen molar-refractivity contribution in [1.29, 1.82) is 0 Å². The molecule has 0 aromatic heterocycles. The minimum absolute atomic E-state index is 0.151. The molecule has 0 aromatic carbocycles. The van der Waals surface area contributed by atoms with Crippen molar-refractivity contribution in [3.8, 4) is 0 Å². The summed E-state index contributed by atoms with van der Waals surface area (Å²) in [6.07, 6.45) is 6.93. The quantitative estimate of drug-likeness (QED) is 0.774. The number of carbonyl (C=O) groups is 1. The van der Waals surface area contributed by atoms with Gasteiger partial charge in [0.05, 0.1) is 12.7 Å². The van der Waals surface area contributed by atoms with E-state index in [-0.39, 0.29) is 18.1 Å². The van der Waals surface area contributed by atoms with Crippen molar-refractivity contribution in [2.75, 3.05) is 39.4 Å². The number of piperidine rings is 1. The van der Waals surface area contributed by atoms with Gasteiger partial charge in [0.15, 0.2) is 0 Å². The van der Waals surface area contributed by atoms with Gasteiger partial charge in [-0.25, -0.2) is 0 Å². The first-order chi connectivity index (χ1) is 10.7. The van der Waals surface area contributed by atoms with Crippen LogP contribution >= 0.6 is 0 Å². The zero-order chi connectivity index (χ0) is 15.4. The predicted molar refractivity (Wildman–Crippen MR) is 84.8 cm³/mol. The molecule has 0 N–H and O–H groups in total. The molecule has 5 nitrogen and oxygen atoms in total. The number of rotatable bonds is 5. The first kappa shape index (κ1) is 16.2. The second-order valence-corrected chi connectivity index (χ2v) is 6.91. The summed E-state index contributed by atoms with van der Waals surface area (Å²) < 4.78 is 11.3. The van der Waals surface area contributed by atoms with Crippen LogP contribution in [-0.4, -0.2) is 73.3 Å². The Morgan fingerprint density at radius 3 is 2.50 bits per heavy atom. The van der Waals surface area contributed by atoms with E-state index in [2.05, 4.69) is 4.90 Å². The third kappa shape index (κ3) is 4.00. The third-order valence-electron chi connectivity index (χ3n) is 5.34. The Morgan fingerprint density at radius 1 is 1.14 bits per heavy atom. The van der Waals surface area contributed by atoms with Gasteiger partial charge >= 0.3 is 0 Å². The molecular weight excluding hydrogens is 280 g/mol. The Balaban J connectivity index is 1.38. The first-order valence-corrected chi connectivity index (χ1v) is 9.00. The molecule has 126 valence electrons. The standard InChI is InChI=1S/C17H30N2O3/c1-14(22-13-16-5-4-12-21-16)17(20)19-10-6-15(7-11-19)18-8-2-3-9-18/h14-16H,2-13H2,1H3/t14-,16-/m0/s1. The third-order valence-corrected chi connectivity index (χ3v) is 5.34. The van der Waals surface area contributed by atoms with E-state index in [4.69, 9.17) is 9.47 Å². The highest BCUT2D eigenvalue weighted by Gasteiger charge is 2.30. The minimum atomic E-state index is -0.340. The van der Waals surface area contributed by atoms with Crippen molar-refractivity contribution < 1.29 is 14.3 Å². The lowest BCUT2D eigenvalue weighted by Crippen LogP contribution is -2.48. The smallest absolute Gasteiger partial charge is 0.251 e. The molecule has 3 saturated heterocycles. The zero-order valence-electron chi connectivity index (χ0n) is 13.8. The van der Waals surface area contributed by atoms with Gasteiger partial charge in [-0.05, 0) is 58.5 Å². The molecule has 0 aliphatic carbocycles. The molecular formula is C17H30N2O3. The Hall–Kier alpha value is -0.650.